The molecule has 88 valence electrons. The first-order valence-corrected chi connectivity index (χ1v) is 5.67. The largest absolute Gasteiger partial charge is 0.291 e. The second kappa shape index (κ2) is 4.85. The van der Waals surface area contributed by atoms with Crippen LogP contribution in [0.1, 0.15) is 23.1 Å². The van der Waals surface area contributed by atoms with E-state index in [-0.39, 0.29) is 11.6 Å². The number of hydrogen-bond donors (Lipinski definition) is 0. The average molecular weight is 270 g/mol. The zero-order valence-electron chi connectivity index (χ0n) is 9.02. The van der Waals surface area contributed by atoms with E-state index in [2.05, 4.69) is 10.1 Å². The summed E-state index contributed by atoms with van der Waals surface area (Å²) in [4.78, 5) is 14.9. The van der Waals surface area contributed by atoms with Crippen LogP contribution in [0.25, 0.3) is 0 Å². The van der Waals surface area contributed by atoms with Crippen molar-refractivity contribution in [2.45, 2.75) is 13.5 Å². The molecule has 6 heteroatoms. The minimum absolute atomic E-state index is 0.166. The van der Waals surface area contributed by atoms with Crippen LogP contribution in [0.15, 0.2) is 24.5 Å². The average Bonchev–Trinajstić information content (AvgIpc) is 2.73. The SMILES string of the molecule is CC(=O)c1ncn(Cc2cccc(Cl)c2Cl)n1. The van der Waals surface area contributed by atoms with Gasteiger partial charge in [0.25, 0.3) is 0 Å². The van der Waals surface area contributed by atoms with Crippen LogP contribution < -0.4 is 0 Å². The highest BCUT2D eigenvalue weighted by molar-refractivity contribution is 6.42. The van der Waals surface area contributed by atoms with Gasteiger partial charge < -0.3 is 0 Å². The number of aromatic nitrogens is 3. The van der Waals surface area contributed by atoms with Crippen molar-refractivity contribution in [3.8, 4) is 0 Å². The molecule has 2 aromatic rings. The molecule has 0 unspecified atom stereocenters. The fourth-order valence-electron chi connectivity index (χ4n) is 1.38. The van der Waals surface area contributed by atoms with E-state index in [1.165, 1.54) is 13.3 Å². The smallest absolute Gasteiger partial charge is 0.216 e. The number of carbonyl (C=O) groups excluding carboxylic acids is 1. The van der Waals surface area contributed by atoms with Crippen molar-refractivity contribution in [1.82, 2.24) is 14.8 Å². The Bertz CT molecular complexity index is 566. The summed E-state index contributed by atoms with van der Waals surface area (Å²) in [6.07, 6.45) is 1.49. The van der Waals surface area contributed by atoms with Gasteiger partial charge in [-0.25, -0.2) is 9.67 Å². The molecule has 17 heavy (non-hydrogen) atoms. The van der Waals surface area contributed by atoms with Gasteiger partial charge in [-0.05, 0) is 11.6 Å². The molecular formula is C11H9Cl2N3O. The number of rotatable bonds is 3. The molecule has 1 aromatic heterocycles. The molecule has 0 spiro atoms. The van der Waals surface area contributed by atoms with Gasteiger partial charge >= 0.3 is 0 Å². The van der Waals surface area contributed by atoms with Crippen molar-refractivity contribution in [2.24, 2.45) is 0 Å². The predicted octanol–water partition coefficient (Wildman–Crippen LogP) is 2.84. The molecule has 0 fully saturated rings. The normalized spacial score (nSPS) is 10.5. The van der Waals surface area contributed by atoms with Gasteiger partial charge in [-0.1, -0.05) is 35.3 Å². The third-order valence-electron chi connectivity index (χ3n) is 2.22. The van der Waals surface area contributed by atoms with Crippen molar-refractivity contribution in [1.29, 1.82) is 0 Å². The fourth-order valence-corrected chi connectivity index (χ4v) is 1.76. The summed E-state index contributed by atoms with van der Waals surface area (Å²) in [5.74, 6) is 0.0316. The van der Waals surface area contributed by atoms with Gasteiger partial charge in [0.15, 0.2) is 5.78 Å². The number of hydrogen-bond acceptors (Lipinski definition) is 3. The van der Waals surface area contributed by atoms with Crippen LogP contribution in [0.5, 0.6) is 0 Å². The van der Waals surface area contributed by atoms with Gasteiger partial charge in [-0.2, -0.15) is 0 Å². The number of ketones is 1. The Morgan fingerprint density at radius 3 is 2.82 bits per heavy atom. The summed E-state index contributed by atoms with van der Waals surface area (Å²) in [7, 11) is 0. The van der Waals surface area contributed by atoms with Gasteiger partial charge in [0.1, 0.15) is 6.33 Å². The van der Waals surface area contributed by atoms with Gasteiger partial charge in [-0.3, -0.25) is 4.79 Å². The maximum Gasteiger partial charge on any atom is 0.216 e. The first-order chi connectivity index (χ1) is 8.08. The monoisotopic (exact) mass is 269 g/mol. The molecular weight excluding hydrogens is 261 g/mol. The molecule has 1 heterocycles. The number of carbonyl (C=O) groups is 1. The van der Waals surface area contributed by atoms with Crippen LogP contribution in [0.3, 0.4) is 0 Å². The maximum atomic E-state index is 11.0. The van der Waals surface area contributed by atoms with E-state index in [9.17, 15) is 4.79 Å². The summed E-state index contributed by atoms with van der Waals surface area (Å²) in [5.41, 5.74) is 0.833. The Morgan fingerprint density at radius 1 is 1.41 bits per heavy atom. The van der Waals surface area contributed by atoms with E-state index >= 15 is 0 Å². The third kappa shape index (κ3) is 2.65. The number of nitrogens with zero attached hydrogens (tertiary/aromatic N) is 3. The van der Waals surface area contributed by atoms with Crippen LogP contribution in [0.4, 0.5) is 0 Å². The lowest BCUT2D eigenvalue weighted by Gasteiger charge is -2.04. The van der Waals surface area contributed by atoms with Crippen molar-refractivity contribution >= 4 is 29.0 Å². The van der Waals surface area contributed by atoms with Gasteiger partial charge in [0.2, 0.25) is 5.82 Å². The minimum Gasteiger partial charge on any atom is -0.291 e. The summed E-state index contributed by atoms with van der Waals surface area (Å²) < 4.78 is 1.55. The van der Waals surface area contributed by atoms with Crippen LogP contribution in [-0.2, 0) is 6.54 Å². The third-order valence-corrected chi connectivity index (χ3v) is 3.07. The van der Waals surface area contributed by atoms with E-state index in [0.29, 0.717) is 16.6 Å². The van der Waals surface area contributed by atoms with E-state index < -0.39 is 0 Å². The van der Waals surface area contributed by atoms with E-state index in [1.807, 2.05) is 12.1 Å². The molecule has 0 aliphatic carbocycles. The molecule has 0 amide bonds. The zero-order chi connectivity index (χ0) is 12.4. The molecule has 4 nitrogen and oxygen atoms in total. The van der Waals surface area contributed by atoms with E-state index in [0.717, 1.165) is 5.56 Å². The van der Waals surface area contributed by atoms with Gasteiger partial charge in [0.05, 0.1) is 16.6 Å². The standard InChI is InChI=1S/C11H9Cl2N3O/c1-7(17)11-14-6-16(15-11)5-8-3-2-4-9(12)10(8)13/h2-4,6H,5H2,1H3. The first-order valence-electron chi connectivity index (χ1n) is 4.91. The Labute approximate surface area is 108 Å². The fraction of sp³-hybridized carbons (Fsp3) is 0.182. The van der Waals surface area contributed by atoms with Crippen LogP contribution in [0.2, 0.25) is 10.0 Å². The molecule has 0 saturated carbocycles. The lowest BCUT2D eigenvalue weighted by Crippen LogP contribution is -2.03. The summed E-state index contributed by atoms with van der Waals surface area (Å²) in [5, 5.41) is 5.02. The quantitative estimate of drug-likeness (QED) is 0.806. The zero-order valence-corrected chi connectivity index (χ0v) is 10.5. The predicted molar refractivity (Wildman–Crippen MR) is 65.6 cm³/mol. The maximum absolute atomic E-state index is 11.0. The lowest BCUT2D eigenvalue weighted by molar-refractivity contribution is 0.100. The molecule has 0 saturated heterocycles. The molecule has 1 aromatic carbocycles. The van der Waals surface area contributed by atoms with Crippen LogP contribution in [-0.4, -0.2) is 20.5 Å². The second-order valence-corrected chi connectivity index (χ2v) is 4.32. The Morgan fingerprint density at radius 2 is 2.18 bits per heavy atom. The summed E-state index contributed by atoms with van der Waals surface area (Å²) in [6.45, 7) is 1.85. The molecule has 0 aliphatic rings. The Hall–Kier alpha value is -1.39. The van der Waals surface area contributed by atoms with Crippen molar-refractivity contribution in [3.63, 3.8) is 0 Å². The van der Waals surface area contributed by atoms with Crippen LogP contribution >= 0.6 is 23.2 Å². The number of halogens is 2. The molecule has 0 aliphatic heterocycles. The highest BCUT2D eigenvalue weighted by atomic mass is 35.5. The van der Waals surface area contributed by atoms with Crippen molar-refractivity contribution in [3.05, 3.63) is 46.0 Å². The molecule has 0 bridgehead atoms. The summed E-state index contributed by atoms with van der Waals surface area (Å²) >= 11 is 12.0. The Balaban J connectivity index is 2.25. The number of benzene rings is 1. The molecule has 0 radical (unpaired) electrons. The van der Waals surface area contributed by atoms with E-state index in [4.69, 9.17) is 23.2 Å². The van der Waals surface area contributed by atoms with Gasteiger partial charge in [-0.15, -0.1) is 5.10 Å². The summed E-state index contributed by atoms with van der Waals surface area (Å²) in [6, 6.07) is 5.38. The lowest BCUT2D eigenvalue weighted by atomic mass is 10.2. The minimum atomic E-state index is -0.166. The number of Topliss-reactive ketones (excluding diaryl/α,β-unsaturated/α-hetero) is 1. The topological polar surface area (TPSA) is 47.8 Å². The highest BCUT2D eigenvalue weighted by Gasteiger charge is 2.08. The first kappa shape index (κ1) is 12.1. The second-order valence-electron chi connectivity index (χ2n) is 3.53. The molecule has 0 atom stereocenters. The van der Waals surface area contributed by atoms with Crippen LogP contribution in [0, 0.1) is 0 Å². The highest BCUT2D eigenvalue weighted by Crippen LogP contribution is 2.25. The van der Waals surface area contributed by atoms with Crippen molar-refractivity contribution < 1.29 is 4.79 Å². The molecule has 0 N–H and O–H groups in total. The Kier molecular flexibility index (Phi) is 3.45. The van der Waals surface area contributed by atoms with E-state index in [1.54, 1.807) is 10.7 Å². The van der Waals surface area contributed by atoms with Crippen molar-refractivity contribution in [2.75, 3.05) is 0 Å². The van der Waals surface area contributed by atoms with Gasteiger partial charge in [0, 0.05) is 6.92 Å². The molecule has 2 rings (SSSR count).